The van der Waals surface area contributed by atoms with Gasteiger partial charge in [-0.25, -0.2) is 4.39 Å². The maximum absolute atomic E-state index is 12.7. The van der Waals surface area contributed by atoms with Crippen LogP contribution in [0.25, 0.3) is 0 Å². The summed E-state index contributed by atoms with van der Waals surface area (Å²) in [6.07, 6.45) is 1.91. The van der Waals surface area contributed by atoms with Crippen LogP contribution in [0.3, 0.4) is 0 Å². The molecule has 2 aliphatic heterocycles. The Bertz CT molecular complexity index is 182. The quantitative estimate of drug-likeness (QED) is 0.666. The fourth-order valence-electron chi connectivity index (χ4n) is 2.52. The van der Waals surface area contributed by atoms with Gasteiger partial charge in [0.2, 0.25) is 0 Å². The first kappa shape index (κ1) is 10.4. The highest BCUT2D eigenvalue weighted by molar-refractivity contribution is 4.88. The van der Waals surface area contributed by atoms with Gasteiger partial charge >= 0.3 is 0 Å². The van der Waals surface area contributed by atoms with Gasteiger partial charge in [-0.2, -0.15) is 0 Å². The fraction of sp³-hybridized carbons (Fsp3) is 1.00. The Kier molecular flexibility index (Phi) is 3.07. The van der Waals surface area contributed by atoms with Crippen LogP contribution < -0.4 is 0 Å². The zero-order chi connectivity index (χ0) is 10.1. The molecule has 2 aliphatic rings. The Balaban J connectivity index is 1.73. The van der Waals surface area contributed by atoms with Crippen LogP contribution in [0.15, 0.2) is 0 Å². The van der Waals surface area contributed by atoms with Crippen LogP contribution in [-0.4, -0.2) is 54.2 Å². The van der Waals surface area contributed by atoms with Gasteiger partial charge in [0.15, 0.2) is 0 Å². The van der Waals surface area contributed by atoms with Crippen molar-refractivity contribution in [2.24, 2.45) is 0 Å². The third-order valence-electron chi connectivity index (χ3n) is 3.61. The van der Waals surface area contributed by atoms with E-state index in [4.69, 9.17) is 0 Å². The molecule has 0 N–H and O–H groups in total. The number of piperidine rings is 1. The third-order valence-corrected chi connectivity index (χ3v) is 3.61. The minimum absolute atomic E-state index is 0.543. The van der Waals surface area contributed by atoms with E-state index in [-0.39, 0.29) is 0 Å². The second kappa shape index (κ2) is 4.15. The summed E-state index contributed by atoms with van der Waals surface area (Å²) < 4.78 is 12.7. The second-order valence-electron chi connectivity index (χ2n) is 4.91. The van der Waals surface area contributed by atoms with E-state index in [1.165, 1.54) is 25.9 Å². The summed E-state index contributed by atoms with van der Waals surface area (Å²) in [6.45, 7) is 8.26. The van der Waals surface area contributed by atoms with E-state index >= 15 is 0 Å². The largest absolute Gasteiger partial charge is 0.301 e. The Morgan fingerprint density at radius 2 is 1.71 bits per heavy atom. The van der Waals surface area contributed by atoms with Crippen molar-refractivity contribution in [1.29, 1.82) is 0 Å². The number of rotatable bonds is 2. The van der Waals surface area contributed by atoms with Crippen molar-refractivity contribution in [3.05, 3.63) is 0 Å². The number of hydrogen-bond acceptors (Lipinski definition) is 2. The molecule has 0 unspecified atom stereocenters. The molecule has 2 heterocycles. The molecule has 2 nitrogen and oxygen atoms in total. The lowest BCUT2D eigenvalue weighted by atomic mass is 9.98. The number of likely N-dealkylation sites (tertiary alicyclic amines) is 2. The van der Waals surface area contributed by atoms with E-state index in [0.29, 0.717) is 25.2 Å². The standard InChI is InChI=1S/C11H21FN2/c1-9(2)13-5-3-11(4-6-13)14-7-10(12)8-14/h9-11H,3-8H2,1-2H3. The van der Waals surface area contributed by atoms with Gasteiger partial charge in [-0.3, -0.25) is 4.90 Å². The molecule has 0 aromatic heterocycles. The lowest BCUT2D eigenvalue weighted by Gasteiger charge is -2.45. The van der Waals surface area contributed by atoms with Gasteiger partial charge in [0.05, 0.1) is 0 Å². The van der Waals surface area contributed by atoms with Crippen molar-refractivity contribution in [2.75, 3.05) is 26.2 Å². The molecule has 3 heteroatoms. The molecule has 0 aliphatic carbocycles. The Morgan fingerprint density at radius 1 is 1.14 bits per heavy atom. The molecule has 14 heavy (non-hydrogen) atoms. The summed E-state index contributed by atoms with van der Waals surface area (Å²) >= 11 is 0. The highest BCUT2D eigenvalue weighted by atomic mass is 19.1. The summed E-state index contributed by atoms with van der Waals surface area (Å²) in [7, 11) is 0. The zero-order valence-corrected chi connectivity index (χ0v) is 9.25. The minimum Gasteiger partial charge on any atom is -0.301 e. The van der Waals surface area contributed by atoms with Gasteiger partial charge < -0.3 is 4.90 Å². The first-order valence-corrected chi connectivity index (χ1v) is 5.79. The Morgan fingerprint density at radius 3 is 2.14 bits per heavy atom. The molecule has 2 saturated heterocycles. The molecular formula is C11H21FN2. The van der Waals surface area contributed by atoms with Gasteiger partial charge in [0.25, 0.3) is 0 Å². The molecule has 82 valence electrons. The fourth-order valence-corrected chi connectivity index (χ4v) is 2.52. The van der Waals surface area contributed by atoms with Crippen molar-refractivity contribution in [3.63, 3.8) is 0 Å². The SMILES string of the molecule is CC(C)N1CCC(N2CC(F)C2)CC1. The first-order valence-electron chi connectivity index (χ1n) is 5.79. The molecule has 0 atom stereocenters. The maximum Gasteiger partial charge on any atom is 0.125 e. The number of alkyl halides is 1. The number of halogens is 1. The summed E-state index contributed by atoms with van der Waals surface area (Å²) in [4.78, 5) is 4.82. The molecule has 2 fully saturated rings. The van der Waals surface area contributed by atoms with Crippen LogP contribution in [0.4, 0.5) is 4.39 Å². The predicted molar refractivity (Wildman–Crippen MR) is 56.2 cm³/mol. The monoisotopic (exact) mass is 200 g/mol. The highest BCUT2D eigenvalue weighted by Crippen LogP contribution is 2.23. The lowest BCUT2D eigenvalue weighted by Crippen LogP contribution is -2.56. The van der Waals surface area contributed by atoms with Crippen LogP contribution in [0.5, 0.6) is 0 Å². The Labute approximate surface area is 86.1 Å². The van der Waals surface area contributed by atoms with Crippen LogP contribution in [0.2, 0.25) is 0 Å². The molecular weight excluding hydrogens is 179 g/mol. The zero-order valence-electron chi connectivity index (χ0n) is 9.25. The van der Waals surface area contributed by atoms with Crippen molar-refractivity contribution >= 4 is 0 Å². The van der Waals surface area contributed by atoms with Crippen LogP contribution in [0.1, 0.15) is 26.7 Å². The van der Waals surface area contributed by atoms with Crippen LogP contribution in [-0.2, 0) is 0 Å². The van der Waals surface area contributed by atoms with Crippen molar-refractivity contribution in [3.8, 4) is 0 Å². The summed E-state index contributed by atoms with van der Waals surface area (Å²) in [5, 5.41) is 0. The lowest BCUT2D eigenvalue weighted by molar-refractivity contribution is -0.00165. The first-order chi connectivity index (χ1) is 6.66. The summed E-state index contributed by atoms with van der Waals surface area (Å²) in [5.74, 6) is 0. The van der Waals surface area contributed by atoms with Gasteiger partial charge in [-0.05, 0) is 39.8 Å². The molecule has 2 rings (SSSR count). The van der Waals surface area contributed by atoms with Crippen LogP contribution >= 0.6 is 0 Å². The van der Waals surface area contributed by atoms with E-state index < -0.39 is 6.17 Å². The van der Waals surface area contributed by atoms with Crippen LogP contribution in [0, 0.1) is 0 Å². The second-order valence-corrected chi connectivity index (χ2v) is 4.91. The molecule has 0 aromatic carbocycles. The van der Waals surface area contributed by atoms with Gasteiger partial charge in [0, 0.05) is 25.2 Å². The van der Waals surface area contributed by atoms with E-state index in [9.17, 15) is 4.39 Å². The van der Waals surface area contributed by atoms with Crippen molar-refractivity contribution in [2.45, 2.75) is 44.9 Å². The third kappa shape index (κ3) is 2.09. The molecule has 0 aromatic rings. The summed E-state index contributed by atoms with van der Waals surface area (Å²) in [6, 6.07) is 1.33. The van der Waals surface area contributed by atoms with Crippen molar-refractivity contribution < 1.29 is 4.39 Å². The van der Waals surface area contributed by atoms with E-state index in [0.717, 1.165) is 0 Å². The average Bonchev–Trinajstić information content (AvgIpc) is 2.13. The molecule has 0 radical (unpaired) electrons. The highest BCUT2D eigenvalue weighted by Gasteiger charge is 2.34. The number of nitrogens with zero attached hydrogens (tertiary/aromatic N) is 2. The molecule has 0 amide bonds. The smallest absolute Gasteiger partial charge is 0.125 e. The molecule has 0 spiro atoms. The number of hydrogen-bond donors (Lipinski definition) is 0. The average molecular weight is 200 g/mol. The topological polar surface area (TPSA) is 6.48 Å². The van der Waals surface area contributed by atoms with E-state index in [1.807, 2.05) is 0 Å². The maximum atomic E-state index is 12.7. The predicted octanol–water partition coefficient (Wildman–Crippen LogP) is 1.51. The molecule has 0 bridgehead atoms. The van der Waals surface area contributed by atoms with E-state index in [2.05, 4.69) is 23.6 Å². The van der Waals surface area contributed by atoms with Gasteiger partial charge in [-0.1, -0.05) is 0 Å². The summed E-state index contributed by atoms with van der Waals surface area (Å²) in [5.41, 5.74) is 0. The van der Waals surface area contributed by atoms with E-state index in [1.54, 1.807) is 0 Å². The molecule has 0 saturated carbocycles. The van der Waals surface area contributed by atoms with Gasteiger partial charge in [-0.15, -0.1) is 0 Å². The Hall–Kier alpha value is -0.150. The minimum atomic E-state index is -0.543. The van der Waals surface area contributed by atoms with Gasteiger partial charge in [0.1, 0.15) is 6.17 Å². The van der Waals surface area contributed by atoms with Crippen molar-refractivity contribution in [1.82, 2.24) is 9.80 Å². The normalized spacial score (nSPS) is 28.3.